The van der Waals surface area contributed by atoms with E-state index >= 15 is 0 Å². The van der Waals surface area contributed by atoms with E-state index in [1.165, 1.54) is 0 Å². The Labute approximate surface area is 672 Å². The molecule has 0 saturated heterocycles. The molecule has 20 aromatic rings. The molecule has 0 fully saturated rings. The van der Waals surface area contributed by atoms with Crippen LogP contribution in [0.15, 0.2) is 425 Å². The van der Waals surface area contributed by atoms with Gasteiger partial charge in [-0.2, -0.15) is 0 Å². The molecular weight excluding hydrogens is 1410 g/mol. The van der Waals surface area contributed by atoms with Gasteiger partial charge in [0, 0.05) is 99.8 Å². The number of rotatable bonds is 16. The largest absolute Gasteiger partial charge is 0.247 e. The third-order valence-electron chi connectivity index (χ3n) is 20.7. The quantitative estimate of drug-likeness (QED) is 0.0922. The van der Waals surface area contributed by atoms with Crippen LogP contribution in [0, 0.1) is 0 Å². The number of pyridine rings is 2. The molecule has 10 heteroatoms. The van der Waals surface area contributed by atoms with Crippen molar-refractivity contribution < 1.29 is 0 Å². The van der Waals surface area contributed by atoms with Crippen molar-refractivity contribution in [1.29, 1.82) is 0 Å². The molecule has 6 aromatic heterocycles. The highest BCUT2D eigenvalue weighted by Crippen LogP contribution is 2.39. The average Bonchev–Trinajstić information content (AvgIpc) is 0.777. The van der Waals surface area contributed by atoms with Crippen LogP contribution >= 0.6 is 0 Å². The molecule has 0 atom stereocenters. The number of nitrogens with zero attached hydrogens (tertiary/aromatic N) is 10. The summed E-state index contributed by atoms with van der Waals surface area (Å²) in [5.74, 6) is 2.74. The highest BCUT2D eigenvalue weighted by Gasteiger charge is 2.20. The van der Waals surface area contributed by atoms with Crippen molar-refractivity contribution >= 4 is 21.5 Å². The number of hydrogen-bond acceptors (Lipinski definition) is 10. The summed E-state index contributed by atoms with van der Waals surface area (Å²) in [4.78, 5) is 50.7. The monoisotopic (exact) mass is 1480 g/mol. The maximum absolute atomic E-state index is 5.31. The van der Waals surface area contributed by atoms with Gasteiger partial charge in [0.25, 0.3) is 0 Å². The SMILES string of the molecule is c1ccc(-c2cc(-c3ccc(-c4cc5ccccc5c(-c5ccc(-c6cc(-c7ccccc7)nc(-c7ccccc7)n6)cc5)n4)cc3)nc(-c3ccccc3)n2)cc1.c1ccc(-c2cc(-c3ccccc3)nc(-c3ccc(-c4cc5ccccc5c(-c5ccc(-c6nc(-c7ccccc7)cc(-c7ccccc7)n6)cc5)n4)cc3)n2)cc1. The summed E-state index contributed by atoms with van der Waals surface area (Å²) in [6.45, 7) is 0. The zero-order chi connectivity index (χ0) is 77.4. The molecule has 14 aromatic carbocycles. The van der Waals surface area contributed by atoms with Gasteiger partial charge >= 0.3 is 0 Å². The number of fused-ring (bicyclic) bond motifs is 2. The Kier molecular flexibility index (Phi) is 19.6. The van der Waals surface area contributed by atoms with Gasteiger partial charge in [-0.05, 0) is 47.2 Å². The molecule has 0 unspecified atom stereocenters. The summed E-state index contributed by atoms with van der Waals surface area (Å²) in [5, 5.41) is 4.43. The minimum absolute atomic E-state index is 0.674. The molecule has 116 heavy (non-hydrogen) atoms. The molecule has 544 valence electrons. The molecule has 0 radical (unpaired) electrons. The van der Waals surface area contributed by atoms with Gasteiger partial charge in [0.1, 0.15) is 0 Å². The Bertz CT molecular complexity index is 6200. The molecule has 0 spiro atoms. The second-order valence-corrected chi connectivity index (χ2v) is 28.2. The Balaban J connectivity index is 0.000000155. The highest BCUT2D eigenvalue weighted by molar-refractivity contribution is 5.99. The van der Waals surface area contributed by atoms with Crippen LogP contribution in [0.3, 0.4) is 0 Å². The van der Waals surface area contributed by atoms with Crippen molar-refractivity contribution in [2.45, 2.75) is 0 Å². The lowest BCUT2D eigenvalue weighted by Gasteiger charge is -2.13. The average molecular weight is 1480 g/mol. The van der Waals surface area contributed by atoms with Gasteiger partial charge in [0.05, 0.1) is 68.3 Å². The fourth-order valence-corrected chi connectivity index (χ4v) is 14.6. The Hall–Kier alpha value is -15.8. The third-order valence-corrected chi connectivity index (χ3v) is 20.7. The van der Waals surface area contributed by atoms with Crippen LogP contribution in [-0.2, 0) is 0 Å². The van der Waals surface area contributed by atoms with Crippen molar-refractivity contribution in [2.75, 3.05) is 0 Å². The van der Waals surface area contributed by atoms with E-state index in [2.05, 4.69) is 255 Å². The third kappa shape index (κ3) is 15.3. The molecule has 0 bridgehead atoms. The van der Waals surface area contributed by atoms with Crippen LogP contribution in [0.1, 0.15) is 0 Å². The Morgan fingerprint density at radius 3 is 0.491 bits per heavy atom. The highest BCUT2D eigenvalue weighted by atomic mass is 14.9. The minimum atomic E-state index is 0.674. The predicted octanol–water partition coefficient (Wildman–Crippen LogP) is 26.3. The summed E-state index contributed by atoms with van der Waals surface area (Å²) in [7, 11) is 0. The summed E-state index contributed by atoms with van der Waals surface area (Å²) >= 11 is 0. The van der Waals surface area contributed by atoms with Crippen molar-refractivity contribution in [3.05, 3.63) is 425 Å². The second kappa shape index (κ2) is 32.3. The van der Waals surface area contributed by atoms with Crippen LogP contribution in [0.2, 0.25) is 0 Å². The van der Waals surface area contributed by atoms with E-state index in [4.69, 9.17) is 49.8 Å². The molecule has 0 aliphatic heterocycles. The molecule has 0 saturated carbocycles. The van der Waals surface area contributed by atoms with Crippen molar-refractivity contribution in [2.24, 2.45) is 0 Å². The van der Waals surface area contributed by atoms with Crippen LogP contribution in [0.25, 0.3) is 202 Å². The van der Waals surface area contributed by atoms with Crippen LogP contribution in [-0.4, -0.2) is 49.8 Å². The number of aromatic nitrogens is 10. The molecule has 0 aliphatic rings. The molecule has 20 rings (SSSR count). The van der Waals surface area contributed by atoms with Gasteiger partial charge in [-0.25, -0.2) is 49.8 Å². The maximum Gasteiger partial charge on any atom is 0.160 e. The maximum atomic E-state index is 5.31. The predicted molar refractivity (Wildman–Crippen MR) is 473 cm³/mol. The van der Waals surface area contributed by atoms with Gasteiger partial charge < -0.3 is 0 Å². The van der Waals surface area contributed by atoms with Gasteiger partial charge in [-0.15, -0.1) is 0 Å². The van der Waals surface area contributed by atoms with E-state index in [0.717, 1.165) is 179 Å². The standard InChI is InChI=1S/2C53H35N5/c1-5-15-36(16-6-1)47-34-48(37-17-7-2-8-18-37)56-52(55-47)42-29-25-40(26-30-42)46-33-44-23-13-14-24-45(44)51(54-46)41-27-31-43(32-28-41)53-57-49(38-19-9-3-10-20-38)35-50(58-53)39-21-11-4-12-22-39;1-5-15-36(16-6-1)47-34-49(57-52(55-47)42-19-9-3-10-20-42)39-27-25-38(26-28-39)46-33-44-23-13-14-24-45(44)51(54-46)41-31-29-40(30-32-41)50-35-48(37-17-7-2-8-18-37)56-53(58-50)43-21-11-4-12-22-43/h2*1-35H. The van der Waals surface area contributed by atoms with Gasteiger partial charge in [-0.1, -0.05) is 388 Å². The van der Waals surface area contributed by atoms with Crippen molar-refractivity contribution in [3.63, 3.8) is 0 Å². The van der Waals surface area contributed by atoms with E-state index in [0.29, 0.717) is 23.3 Å². The van der Waals surface area contributed by atoms with Crippen molar-refractivity contribution in [1.82, 2.24) is 49.8 Å². The fraction of sp³-hybridized carbons (Fsp3) is 0. The molecule has 6 heterocycles. The van der Waals surface area contributed by atoms with Crippen molar-refractivity contribution in [3.8, 4) is 181 Å². The van der Waals surface area contributed by atoms with E-state index in [-0.39, 0.29) is 0 Å². The molecule has 0 N–H and O–H groups in total. The second-order valence-electron chi connectivity index (χ2n) is 28.2. The van der Waals surface area contributed by atoms with E-state index in [1.54, 1.807) is 0 Å². The normalized spacial score (nSPS) is 11.1. The zero-order valence-electron chi connectivity index (χ0n) is 62.9. The smallest absolute Gasteiger partial charge is 0.160 e. The van der Waals surface area contributed by atoms with Gasteiger partial charge in [-0.3, -0.25) is 0 Å². The molecular formula is C106H70N10. The first-order chi connectivity index (χ1) is 57.4. The first kappa shape index (κ1) is 70.6. The van der Waals surface area contributed by atoms with E-state index < -0.39 is 0 Å². The molecule has 0 aliphatic carbocycles. The first-order valence-electron chi connectivity index (χ1n) is 38.7. The zero-order valence-corrected chi connectivity index (χ0v) is 62.9. The molecule has 0 amide bonds. The fourth-order valence-electron chi connectivity index (χ4n) is 14.6. The molecule has 10 nitrogen and oxygen atoms in total. The summed E-state index contributed by atoms with van der Waals surface area (Å²) in [6.07, 6.45) is 0. The van der Waals surface area contributed by atoms with E-state index in [1.807, 2.05) is 170 Å². The first-order valence-corrected chi connectivity index (χ1v) is 38.7. The Morgan fingerprint density at radius 1 is 0.112 bits per heavy atom. The topological polar surface area (TPSA) is 129 Å². The lowest BCUT2D eigenvalue weighted by Crippen LogP contribution is -1.96. The summed E-state index contributed by atoms with van der Waals surface area (Å²) in [5.41, 5.74) is 26.8. The van der Waals surface area contributed by atoms with Gasteiger partial charge in [0.15, 0.2) is 23.3 Å². The lowest BCUT2D eigenvalue weighted by molar-refractivity contribution is 1.18. The minimum Gasteiger partial charge on any atom is -0.247 e. The number of hydrogen-bond donors (Lipinski definition) is 0. The van der Waals surface area contributed by atoms with Crippen LogP contribution in [0.5, 0.6) is 0 Å². The van der Waals surface area contributed by atoms with Crippen LogP contribution < -0.4 is 0 Å². The van der Waals surface area contributed by atoms with Gasteiger partial charge in [0.2, 0.25) is 0 Å². The Morgan fingerprint density at radius 2 is 0.267 bits per heavy atom. The van der Waals surface area contributed by atoms with Crippen LogP contribution in [0.4, 0.5) is 0 Å². The lowest BCUT2D eigenvalue weighted by atomic mass is 9.98. The summed E-state index contributed by atoms with van der Waals surface area (Å²) in [6, 6.07) is 145. The number of benzene rings is 14. The van der Waals surface area contributed by atoms with E-state index in [9.17, 15) is 0 Å². The summed E-state index contributed by atoms with van der Waals surface area (Å²) < 4.78 is 0.